The molecule has 0 saturated heterocycles. The van der Waals surface area contributed by atoms with Crippen molar-refractivity contribution in [3.63, 3.8) is 0 Å². The third kappa shape index (κ3) is 4.89. The Morgan fingerprint density at radius 2 is 1.84 bits per heavy atom. The number of hydrogen-bond acceptors (Lipinski definition) is 2. The highest BCUT2D eigenvalue weighted by molar-refractivity contribution is 6.31. The van der Waals surface area contributed by atoms with E-state index in [1.54, 1.807) is 6.07 Å². The molecule has 3 nitrogen and oxygen atoms in total. The Kier molecular flexibility index (Phi) is 5.62. The molecular weight excluding hydrogens is 355 g/mol. The molecule has 2 rings (SSSR count). The van der Waals surface area contributed by atoms with Gasteiger partial charge in [0.25, 0.3) is 5.91 Å². The van der Waals surface area contributed by atoms with Gasteiger partial charge in [0.2, 0.25) is 0 Å². The third-order valence-corrected chi connectivity index (χ3v) is 3.87. The molecule has 0 unspecified atom stereocenters. The third-order valence-electron chi connectivity index (χ3n) is 3.54. The lowest BCUT2D eigenvalue weighted by Gasteiger charge is -2.17. The summed E-state index contributed by atoms with van der Waals surface area (Å²) in [5.74, 6) is -0.0178. The molecule has 0 fully saturated rings. The van der Waals surface area contributed by atoms with Gasteiger partial charge in [-0.1, -0.05) is 29.3 Å². The Bertz CT molecular complexity index is 790. The van der Waals surface area contributed by atoms with Crippen LogP contribution in [-0.2, 0) is 11.0 Å². The molecule has 0 bridgehead atoms. The van der Waals surface area contributed by atoms with Gasteiger partial charge in [0.1, 0.15) is 5.75 Å². The second kappa shape index (κ2) is 7.35. The first kappa shape index (κ1) is 19.1. The van der Waals surface area contributed by atoms with E-state index in [4.69, 9.17) is 16.3 Å². The van der Waals surface area contributed by atoms with Crippen molar-refractivity contribution in [1.82, 2.24) is 0 Å². The van der Waals surface area contributed by atoms with Gasteiger partial charge in [-0.15, -0.1) is 0 Å². The summed E-state index contributed by atoms with van der Waals surface area (Å²) in [6.45, 7) is 5.31. The summed E-state index contributed by atoms with van der Waals surface area (Å²) in [6, 6.07) is 8.70. The van der Waals surface area contributed by atoms with E-state index in [9.17, 15) is 18.0 Å². The summed E-state index contributed by atoms with van der Waals surface area (Å²) in [5.41, 5.74) is 0.918. The van der Waals surface area contributed by atoms with E-state index in [1.807, 2.05) is 26.0 Å². The van der Waals surface area contributed by atoms with Crippen molar-refractivity contribution in [2.45, 2.75) is 33.1 Å². The zero-order valence-electron chi connectivity index (χ0n) is 13.9. The second-order valence-electron chi connectivity index (χ2n) is 5.71. The number of anilines is 1. The Balaban J connectivity index is 2.11. The molecule has 7 heteroatoms. The van der Waals surface area contributed by atoms with E-state index in [-0.39, 0.29) is 5.69 Å². The van der Waals surface area contributed by atoms with Crippen LogP contribution in [0.25, 0.3) is 0 Å². The molecule has 1 amide bonds. The van der Waals surface area contributed by atoms with E-state index < -0.39 is 28.8 Å². The number of alkyl halides is 3. The molecule has 0 saturated carbocycles. The molecule has 2 aromatic rings. The zero-order chi connectivity index (χ0) is 18.8. The molecule has 0 radical (unpaired) electrons. The molecule has 134 valence electrons. The first-order valence-electron chi connectivity index (χ1n) is 7.49. The maximum atomic E-state index is 12.9. The maximum Gasteiger partial charge on any atom is 0.417 e. The van der Waals surface area contributed by atoms with E-state index in [0.717, 1.165) is 23.3 Å². The number of nitrogens with one attached hydrogen (secondary N) is 1. The predicted octanol–water partition coefficient (Wildman–Crippen LogP) is 5.38. The van der Waals surface area contributed by atoms with E-state index in [1.165, 1.54) is 13.0 Å². The fraction of sp³-hybridized carbons (Fsp3) is 0.278. The average Bonchev–Trinajstić information content (AvgIpc) is 2.50. The molecule has 2 aromatic carbocycles. The molecule has 1 atom stereocenters. The van der Waals surface area contributed by atoms with Crippen molar-refractivity contribution < 1.29 is 22.7 Å². The number of carbonyl (C=O) groups excluding carboxylic acids is 1. The van der Waals surface area contributed by atoms with Crippen LogP contribution in [0.3, 0.4) is 0 Å². The topological polar surface area (TPSA) is 38.3 Å². The van der Waals surface area contributed by atoms with Gasteiger partial charge in [0, 0.05) is 5.69 Å². The number of ether oxygens (including phenoxy) is 1. The number of hydrogen-bond donors (Lipinski definition) is 1. The molecule has 0 aliphatic heterocycles. The van der Waals surface area contributed by atoms with Crippen LogP contribution in [0.4, 0.5) is 18.9 Å². The summed E-state index contributed by atoms with van der Waals surface area (Å²) >= 11 is 5.56. The first-order valence-corrected chi connectivity index (χ1v) is 7.87. The van der Waals surface area contributed by atoms with Gasteiger partial charge >= 0.3 is 6.18 Å². The van der Waals surface area contributed by atoms with Crippen LogP contribution in [0.5, 0.6) is 5.75 Å². The zero-order valence-corrected chi connectivity index (χ0v) is 14.6. The summed E-state index contributed by atoms with van der Waals surface area (Å²) in [6.07, 6.45) is -5.48. The summed E-state index contributed by atoms with van der Waals surface area (Å²) in [4.78, 5) is 12.2. The fourth-order valence-corrected chi connectivity index (χ4v) is 2.46. The van der Waals surface area contributed by atoms with Gasteiger partial charge in [-0.3, -0.25) is 4.79 Å². The normalized spacial score (nSPS) is 12.6. The Morgan fingerprint density at radius 1 is 1.16 bits per heavy atom. The van der Waals surface area contributed by atoms with Crippen molar-refractivity contribution >= 4 is 23.2 Å². The monoisotopic (exact) mass is 371 g/mol. The van der Waals surface area contributed by atoms with Crippen molar-refractivity contribution in [3.05, 3.63) is 58.1 Å². The van der Waals surface area contributed by atoms with E-state index >= 15 is 0 Å². The summed E-state index contributed by atoms with van der Waals surface area (Å²) in [7, 11) is 0. The number of rotatable bonds is 4. The number of benzene rings is 2. The van der Waals surface area contributed by atoms with Gasteiger partial charge in [-0.2, -0.15) is 13.2 Å². The molecule has 25 heavy (non-hydrogen) atoms. The minimum Gasteiger partial charge on any atom is -0.481 e. The number of aryl methyl sites for hydroxylation is 2. The number of halogens is 4. The molecule has 0 aliphatic carbocycles. The van der Waals surface area contributed by atoms with Gasteiger partial charge in [-0.05, 0) is 50.6 Å². The predicted molar refractivity (Wildman–Crippen MR) is 91.1 cm³/mol. The van der Waals surface area contributed by atoms with Crippen LogP contribution in [0.1, 0.15) is 23.6 Å². The van der Waals surface area contributed by atoms with Crippen LogP contribution in [0, 0.1) is 13.8 Å². The van der Waals surface area contributed by atoms with Crippen molar-refractivity contribution in [1.29, 1.82) is 0 Å². The number of carbonyl (C=O) groups is 1. The maximum absolute atomic E-state index is 12.9. The molecule has 1 N–H and O–H groups in total. The highest BCUT2D eigenvalue weighted by Crippen LogP contribution is 2.36. The first-order chi connectivity index (χ1) is 11.6. The standard InChI is InChI=1S/C18H17ClF3NO2/c1-10-4-7-16(11(2)8-10)25-12(3)17(24)23-13-5-6-15(19)14(9-13)18(20,21)22/h4-9,12H,1-3H3,(H,23,24)/t12-/m0/s1. The molecule has 0 aromatic heterocycles. The molecule has 0 aliphatic rings. The molecule has 0 spiro atoms. The van der Waals surface area contributed by atoms with E-state index in [2.05, 4.69) is 5.32 Å². The van der Waals surface area contributed by atoms with Crippen molar-refractivity contribution in [2.24, 2.45) is 0 Å². The van der Waals surface area contributed by atoms with Crippen LogP contribution in [0.2, 0.25) is 5.02 Å². The Morgan fingerprint density at radius 3 is 2.44 bits per heavy atom. The number of amides is 1. The summed E-state index contributed by atoms with van der Waals surface area (Å²) < 4.78 is 44.2. The SMILES string of the molecule is Cc1ccc(O[C@@H](C)C(=O)Nc2ccc(Cl)c(C(F)(F)F)c2)c(C)c1. The van der Waals surface area contributed by atoms with Gasteiger partial charge < -0.3 is 10.1 Å². The Hall–Kier alpha value is -2.21. The smallest absolute Gasteiger partial charge is 0.417 e. The average molecular weight is 372 g/mol. The highest BCUT2D eigenvalue weighted by atomic mass is 35.5. The minimum absolute atomic E-state index is 0.00203. The largest absolute Gasteiger partial charge is 0.481 e. The van der Waals surface area contributed by atoms with Crippen molar-refractivity contribution in [3.8, 4) is 5.75 Å². The summed E-state index contributed by atoms with van der Waals surface area (Å²) in [5, 5.41) is 1.98. The molecule has 0 heterocycles. The van der Waals surface area contributed by atoms with Crippen LogP contribution >= 0.6 is 11.6 Å². The molecular formula is C18H17ClF3NO2. The lowest BCUT2D eigenvalue weighted by Crippen LogP contribution is -2.30. The van der Waals surface area contributed by atoms with Gasteiger partial charge in [0.05, 0.1) is 10.6 Å². The quantitative estimate of drug-likeness (QED) is 0.783. The van der Waals surface area contributed by atoms with Crippen LogP contribution < -0.4 is 10.1 Å². The van der Waals surface area contributed by atoms with Gasteiger partial charge in [-0.25, -0.2) is 0 Å². The lowest BCUT2D eigenvalue weighted by atomic mass is 10.1. The minimum atomic E-state index is -4.60. The Labute approximate surface area is 148 Å². The lowest BCUT2D eigenvalue weighted by molar-refractivity contribution is -0.137. The van der Waals surface area contributed by atoms with Gasteiger partial charge in [0.15, 0.2) is 6.10 Å². The van der Waals surface area contributed by atoms with Crippen LogP contribution in [0.15, 0.2) is 36.4 Å². The fourth-order valence-electron chi connectivity index (χ4n) is 2.24. The highest BCUT2D eigenvalue weighted by Gasteiger charge is 2.33. The van der Waals surface area contributed by atoms with E-state index in [0.29, 0.717) is 5.75 Å². The van der Waals surface area contributed by atoms with Crippen molar-refractivity contribution in [2.75, 3.05) is 5.32 Å². The second-order valence-corrected chi connectivity index (χ2v) is 6.12. The van der Waals surface area contributed by atoms with Crippen LogP contribution in [-0.4, -0.2) is 12.0 Å².